The Morgan fingerprint density at radius 3 is 3.36 bits per heavy atom. The van der Waals surface area contributed by atoms with E-state index in [9.17, 15) is 0 Å². The summed E-state index contributed by atoms with van der Waals surface area (Å²) in [6.45, 7) is 2.14. The molecule has 1 aromatic heterocycles. The molecule has 2 heteroatoms. The minimum atomic E-state index is 1.02. The van der Waals surface area contributed by atoms with Crippen LogP contribution in [0, 0.1) is 0 Å². The van der Waals surface area contributed by atoms with Crippen molar-refractivity contribution < 1.29 is 0 Å². The second-order valence-corrected chi connectivity index (χ2v) is 2.86. The molecule has 0 atom stereocenters. The van der Waals surface area contributed by atoms with Gasteiger partial charge >= 0.3 is 0 Å². The molecule has 1 heterocycles. The highest BCUT2D eigenvalue weighted by Crippen LogP contribution is 2.19. The average molecular weight is 148 g/mol. The van der Waals surface area contributed by atoms with Gasteiger partial charge in [-0.1, -0.05) is 19.1 Å². The maximum atomic E-state index is 4.24. The van der Waals surface area contributed by atoms with E-state index in [1.807, 2.05) is 0 Å². The molecule has 0 aliphatic heterocycles. The molecule has 0 saturated heterocycles. The molecule has 0 spiro atoms. The zero-order valence-corrected chi connectivity index (χ0v) is 6.72. The van der Waals surface area contributed by atoms with Gasteiger partial charge in [0.1, 0.15) is 0 Å². The van der Waals surface area contributed by atoms with E-state index in [1.165, 1.54) is 17.0 Å². The van der Waals surface area contributed by atoms with E-state index < -0.39 is 0 Å². The number of aryl methyl sites for hydroxylation is 2. The summed E-state index contributed by atoms with van der Waals surface area (Å²) in [5.41, 5.74) is 3.85. The Morgan fingerprint density at radius 2 is 2.55 bits per heavy atom. The first kappa shape index (κ1) is 6.65. The third kappa shape index (κ3) is 0.985. The molecule has 58 valence electrons. The summed E-state index contributed by atoms with van der Waals surface area (Å²) in [4.78, 5) is 0. The van der Waals surface area contributed by atoms with Crippen LogP contribution in [0.5, 0.6) is 0 Å². The summed E-state index contributed by atoms with van der Waals surface area (Å²) < 4.78 is 0. The maximum Gasteiger partial charge on any atom is 0.0694 e. The number of nitrogens with one attached hydrogen (secondary N) is 1. The van der Waals surface area contributed by atoms with Crippen LogP contribution in [0.15, 0.2) is 6.08 Å². The van der Waals surface area contributed by atoms with Crippen LogP contribution in [0.3, 0.4) is 0 Å². The van der Waals surface area contributed by atoms with Gasteiger partial charge in [0.25, 0.3) is 0 Å². The van der Waals surface area contributed by atoms with Gasteiger partial charge in [-0.3, -0.25) is 5.10 Å². The first-order valence-electron chi connectivity index (χ1n) is 4.14. The molecule has 2 nitrogen and oxygen atoms in total. The number of allylic oxidation sites excluding steroid dienone is 1. The summed E-state index contributed by atoms with van der Waals surface area (Å²) in [5.74, 6) is 0. The largest absolute Gasteiger partial charge is 0.282 e. The lowest BCUT2D eigenvalue weighted by molar-refractivity contribution is 0.898. The second-order valence-electron chi connectivity index (χ2n) is 2.86. The topological polar surface area (TPSA) is 28.7 Å². The van der Waals surface area contributed by atoms with Gasteiger partial charge in [-0.2, -0.15) is 5.10 Å². The molecule has 0 aromatic carbocycles. The van der Waals surface area contributed by atoms with Gasteiger partial charge < -0.3 is 0 Å². The highest BCUT2D eigenvalue weighted by molar-refractivity contribution is 5.56. The van der Waals surface area contributed by atoms with Crippen LogP contribution in [0.25, 0.3) is 6.08 Å². The van der Waals surface area contributed by atoms with Crippen molar-refractivity contribution in [1.29, 1.82) is 0 Å². The number of nitrogens with zero attached hydrogens (tertiary/aromatic N) is 1. The minimum Gasteiger partial charge on any atom is -0.282 e. The molecular weight excluding hydrogens is 136 g/mol. The van der Waals surface area contributed by atoms with E-state index in [0.29, 0.717) is 0 Å². The van der Waals surface area contributed by atoms with E-state index in [4.69, 9.17) is 0 Å². The summed E-state index contributed by atoms with van der Waals surface area (Å²) >= 11 is 0. The first-order valence-corrected chi connectivity index (χ1v) is 4.14. The van der Waals surface area contributed by atoms with Crippen molar-refractivity contribution in [3.8, 4) is 0 Å². The molecule has 1 aliphatic rings. The summed E-state index contributed by atoms with van der Waals surface area (Å²) in [6, 6.07) is 0. The van der Waals surface area contributed by atoms with Crippen LogP contribution in [0.1, 0.15) is 30.3 Å². The van der Waals surface area contributed by atoms with Gasteiger partial charge in [-0.15, -0.1) is 0 Å². The molecule has 1 N–H and O–H groups in total. The molecular formula is C9H12N2. The van der Waals surface area contributed by atoms with Crippen molar-refractivity contribution in [3.05, 3.63) is 23.0 Å². The van der Waals surface area contributed by atoms with Crippen molar-refractivity contribution in [2.45, 2.75) is 26.2 Å². The lowest BCUT2D eigenvalue weighted by Gasteiger charge is -2.03. The smallest absolute Gasteiger partial charge is 0.0694 e. The quantitative estimate of drug-likeness (QED) is 0.647. The van der Waals surface area contributed by atoms with Crippen LogP contribution >= 0.6 is 0 Å². The number of fused-ring (bicyclic) bond motifs is 1. The van der Waals surface area contributed by atoms with Gasteiger partial charge in [-0.25, -0.2) is 0 Å². The monoisotopic (exact) mass is 148 g/mol. The number of aromatic amines is 1. The third-order valence-corrected chi connectivity index (χ3v) is 2.14. The van der Waals surface area contributed by atoms with Crippen LogP contribution < -0.4 is 0 Å². The Hall–Kier alpha value is -1.05. The standard InChI is InChI=1S/C9H12N2/c1-2-8-7-5-3-4-6-9(7)11-10-8/h3,5H,2,4,6H2,1H3,(H,10,11). The summed E-state index contributed by atoms with van der Waals surface area (Å²) in [7, 11) is 0. The molecule has 1 aliphatic carbocycles. The third-order valence-electron chi connectivity index (χ3n) is 2.14. The Labute approximate surface area is 66.3 Å². The van der Waals surface area contributed by atoms with E-state index in [1.54, 1.807) is 0 Å². The average Bonchev–Trinajstić information content (AvgIpc) is 2.47. The fourth-order valence-corrected chi connectivity index (χ4v) is 1.52. The van der Waals surface area contributed by atoms with Gasteiger partial charge in [0.2, 0.25) is 0 Å². The molecule has 0 bridgehead atoms. The molecule has 0 saturated carbocycles. The molecule has 2 rings (SSSR count). The lowest BCUT2D eigenvalue weighted by Crippen LogP contribution is -1.92. The van der Waals surface area contributed by atoms with Crippen molar-refractivity contribution in [2.24, 2.45) is 0 Å². The van der Waals surface area contributed by atoms with E-state index in [0.717, 1.165) is 19.3 Å². The van der Waals surface area contributed by atoms with E-state index >= 15 is 0 Å². The predicted octanol–water partition coefficient (Wildman–Crippen LogP) is 1.93. The summed E-state index contributed by atoms with van der Waals surface area (Å²) in [6.07, 6.45) is 7.70. The zero-order valence-electron chi connectivity index (χ0n) is 6.72. The van der Waals surface area contributed by atoms with Crippen LogP contribution in [0.4, 0.5) is 0 Å². The Balaban J connectivity index is 2.48. The number of hydrogen-bond acceptors (Lipinski definition) is 1. The maximum absolute atomic E-state index is 4.24. The molecule has 0 radical (unpaired) electrons. The Kier molecular flexibility index (Phi) is 1.53. The molecule has 1 aromatic rings. The SMILES string of the molecule is CCc1n[nH]c2c1C=CCC2. The Bertz CT molecular complexity index is 284. The van der Waals surface area contributed by atoms with Crippen molar-refractivity contribution in [1.82, 2.24) is 10.2 Å². The summed E-state index contributed by atoms with van der Waals surface area (Å²) in [5, 5.41) is 7.32. The van der Waals surface area contributed by atoms with Gasteiger partial charge in [-0.05, 0) is 19.3 Å². The minimum absolute atomic E-state index is 1.02. The highest BCUT2D eigenvalue weighted by Gasteiger charge is 2.10. The first-order chi connectivity index (χ1) is 5.42. The zero-order chi connectivity index (χ0) is 7.68. The van der Waals surface area contributed by atoms with E-state index in [2.05, 4.69) is 29.3 Å². The fraction of sp³-hybridized carbons (Fsp3) is 0.444. The van der Waals surface area contributed by atoms with Crippen molar-refractivity contribution in [2.75, 3.05) is 0 Å². The normalized spacial score (nSPS) is 15.0. The van der Waals surface area contributed by atoms with Crippen LogP contribution in [-0.2, 0) is 12.8 Å². The number of rotatable bonds is 1. The molecule has 0 fully saturated rings. The second kappa shape index (κ2) is 2.53. The number of H-pyrrole nitrogens is 1. The Morgan fingerprint density at radius 1 is 1.64 bits per heavy atom. The van der Waals surface area contributed by atoms with Crippen LogP contribution in [-0.4, -0.2) is 10.2 Å². The van der Waals surface area contributed by atoms with Gasteiger partial charge in [0.15, 0.2) is 0 Å². The number of aromatic nitrogens is 2. The van der Waals surface area contributed by atoms with Gasteiger partial charge in [0.05, 0.1) is 5.69 Å². The fourth-order valence-electron chi connectivity index (χ4n) is 1.52. The van der Waals surface area contributed by atoms with Crippen LogP contribution in [0.2, 0.25) is 0 Å². The van der Waals surface area contributed by atoms with Crippen molar-refractivity contribution in [3.63, 3.8) is 0 Å². The number of hydrogen-bond donors (Lipinski definition) is 1. The predicted molar refractivity (Wildman–Crippen MR) is 45.3 cm³/mol. The lowest BCUT2D eigenvalue weighted by atomic mass is 10.0. The molecule has 0 unspecified atom stereocenters. The van der Waals surface area contributed by atoms with Crippen molar-refractivity contribution >= 4 is 6.08 Å². The molecule has 0 amide bonds. The highest BCUT2D eigenvalue weighted by atomic mass is 15.1. The van der Waals surface area contributed by atoms with E-state index in [-0.39, 0.29) is 0 Å². The van der Waals surface area contributed by atoms with Gasteiger partial charge in [0, 0.05) is 11.3 Å². The molecule has 11 heavy (non-hydrogen) atoms.